The molecule has 1 heterocycles. The Morgan fingerprint density at radius 3 is 2.77 bits per heavy atom. The maximum absolute atomic E-state index is 8.72. The highest BCUT2D eigenvalue weighted by molar-refractivity contribution is 5.28. The second-order valence-corrected chi connectivity index (χ2v) is 3.49. The van der Waals surface area contributed by atoms with E-state index in [1.165, 1.54) is 0 Å². The van der Waals surface area contributed by atoms with Crippen LogP contribution in [-0.4, -0.2) is 10.6 Å². The van der Waals surface area contributed by atoms with Crippen molar-refractivity contribution in [3.63, 3.8) is 0 Å². The third-order valence-corrected chi connectivity index (χ3v) is 1.89. The van der Waals surface area contributed by atoms with Crippen LogP contribution in [0.1, 0.15) is 25.1 Å². The molecule has 3 nitrogen and oxygen atoms in total. The van der Waals surface area contributed by atoms with Crippen LogP contribution in [0.3, 0.4) is 0 Å². The molecular formula is C10H15N3. The fraction of sp³-hybridized carbons (Fsp3) is 0.500. The summed E-state index contributed by atoms with van der Waals surface area (Å²) >= 11 is 0. The molecule has 1 aromatic rings. The zero-order chi connectivity index (χ0) is 9.84. The number of rotatable bonds is 3. The van der Waals surface area contributed by atoms with E-state index in [2.05, 4.69) is 25.2 Å². The summed E-state index contributed by atoms with van der Waals surface area (Å²) in [6.45, 7) is 5.04. The first kappa shape index (κ1) is 9.82. The van der Waals surface area contributed by atoms with Crippen molar-refractivity contribution in [1.82, 2.24) is 9.88 Å². The highest BCUT2D eigenvalue weighted by atomic mass is 14.9. The van der Waals surface area contributed by atoms with Gasteiger partial charge in [-0.25, -0.2) is 0 Å². The Kier molecular flexibility index (Phi) is 3.10. The highest BCUT2D eigenvalue weighted by Gasteiger charge is 2.01. The number of hydrogen-bond donors (Lipinski definition) is 1. The minimum atomic E-state index is 0.478. The first-order valence-electron chi connectivity index (χ1n) is 4.42. The Labute approximate surface area is 79.0 Å². The zero-order valence-electron chi connectivity index (χ0n) is 8.33. The van der Waals surface area contributed by atoms with Gasteiger partial charge in [0, 0.05) is 25.8 Å². The van der Waals surface area contributed by atoms with Gasteiger partial charge >= 0.3 is 0 Å². The summed E-state index contributed by atoms with van der Waals surface area (Å²) in [4.78, 5) is 0. The van der Waals surface area contributed by atoms with E-state index in [9.17, 15) is 0 Å². The van der Waals surface area contributed by atoms with Gasteiger partial charge < -0.3 is 9.88 Å². The normalized spacial score (nSPS) is 10.4. The zero-order valence-corrected chi connectivity index (χ0v) is 8.33. The molecule has 1 aromatic heterocycles. The van der Waals surface area contributed by atoms with E-state index in [1.54, 1.807) is 0 Å². The maximum atomic E-state index is 8.72. The number of nitrogens with zero attached hydrogens (tertiary/aromatic N) is 2. The fourth-order valence-electron chi connectivity index (χ4n) is 1.16. The molecule has 0 amide bonds. The molecule has 0 saturated carbocycles. The third-order valence-electron chi connectivity index (χ3n) is 1.89. The molecule has 0 aromatic carbocycles. The van der Waals surface area contributed by atoms with Crippen molar-refractivity contribution in [3.8, 4) is 6.07 Å². The number of aryl methyl sites for hydroxylation is 1. The van der Waals surface area contributed by atoms with Gasteiger partial charge in [0.25, 0.3) is 0 Å². The van der Waals surface area contributed by atoms with E-state index < -0.39 is 0 Å². The van der Waals surface area contributed by atoms with Gasteiger partial charge in [0.15, 0.2) is 0 Å². The van der Waals surface area contributed by atoms with Crippen LogP contribution in [0.15, 0.2) is 12.3 Å². The molecule has 0 spiro atoms. The molecule has 0 unspecified atom stereocenters. The quantitative estimate of drug-likeness (QED) is 0.758. The lowest BCUT2D eigenvalue weighted by Gasteiger charge is -2.05. The third kappa shape index (κ3) is 2.60. The fourth-order valence-corrected chi connectivity index (χ4v) is 1.16. The Morgan fingerprint density at radius 2 is 2.31 bits per heavy atom. The summed E-state index contributed by atoms with van der Waals surface area (Å²) in [7, 11) is 1.89. The average Bonchev–Trinajstić information content (AvgIpc) is 2.43. The lowest BCUT2D eigenvalue weighted by molar-refractivity contribution is 0.588. The minimum Gasteiger partial charge on any atom is -0.342 e. The van der Waals surface area contributed by atoms with Crippen LogP contribution in [0.2, 0.25) is 0 Å². The summed E-state index contributed by atoms with van der Waals surface area (Å²) in [5.41, 5.74) is 1.87. The van der Waals surface area contributed by atoms with Crippen molar-refractivity contribution < 1.29 is 0 Å². The molecule has 0 saturated heterocycles. The van der Waals surface area contributed by atoms with Crippen LogP contribution in [0, 0.1) is 11.3 Å². The Hall–Kier alpha value is -1.27. The highest BCUT2D eigenvalue weighted by Crippen LogP contribution is 2.05. The van der Waals surface area contributed by atoms with Crippen molar-refractivity contribution in [2.75, 3.05) is 0 Å². The summed E-state index contributed by atoms with van der Waals surface area (Å²) in [6.07, 6.45) is 1.98. The van der Waals surface area contributed by atoms with E-state index in [1.807, 2.05) is 23.9 Å². The first-order valence-corrected chi connectivity index (χ1v) is 4.42. The van der Waals surface area contributed by atoms with Crippen molar-refractivity contribution in [3.05, 3.63) is 23.5 Å². The molecule has 0 fully saturated rings. The molecule has 0 aliphatic carbocycles. The van der Waals surface area contributed by atoms with Gasteiger partial charge in [0.05, 0.1) is 0 Å². The molecule has 1 rings (SSSR count). The molecule has 0 atom stereocenters. The molecule has 70 valence electrons. The van der Waals surface area contributed by atoms with Gasteiger partial charge in [0.1, 0.15) is 11.8 Å². The molecular weight excluding hydrogens is 162 g/mol. The van der Waals surface area contributed by atoms with Crippen molar-refractivity contribution in [1.29, 1.82) is 5.26 Å². The van der Waals surface area contributed by atoms with Crippen molar-refractivity contribution >= 4 is 0 Å². The molecule has 0 aliphatic rings. The predicted octanol–water partition coefficient (Wildman–Crippen LogP) is 1.39. The van der Waals surface area contributed by atoms with E-state index in [4.69, 9.17) is 5.26 Å². The number of nitrogens with one attached hydrogen (secondary N) is 1. The molecule has 3 heteroatoms. The van der Waals surface area contributed by atoms with Gasteiger partial charge in [-0.2, -0.15) is 5.26 Å². The Morgan fingerprint density at radius 1 is 1.62 bits per heavy atom. The summed E-state index contributed by atoms with van der Waals surface area (Å²) in [5.74, 6) is 0. The van der Waals surface area contributed by atoms with Gasteiger partial charge in [-0.15, -0.1) is 0 Å². The molecule has 0 radical (unpaired) electrons. The standard InChI is InChI=1S/C10H15N3/c1-8(2)12-6-9-4-10(5-11)13(3)7-9/h4,7-8,12H,6H2,1-3H3. The van der Waals surface area contributed by atoms with Crippen LogP contribution in [0.5, 0.6) is 0 Å². The number of hydrogen-bond acceptors (Lipinski definition) is 2. The second-order valence-electron chi connectivity index (χ2n) is 3.49. The van der Waals surface area contributed by atoms with Gasteiger partial charge in [-0.1, -0.05) is 13.8 Å². The van der Waals surface area contributed by atoms with E-state index in [0.717, 1.165) is 12.1 Å². The Balaban J connectivity index is 2.64. The molecule has 0 bridgehead atoms. The van der Waals surface area contributed by atoms with Crippen LogP contribution in [0.25, 0.3) is 0 Å². The monoisotopic (exact) mass is 177 g/mol. The lowest BCUT2D eigenvalue weighted by atomic mass is 10.3. The van der Waals surface area contributed by atoms with Crippen molar-refractivity contribution in [2.24, 2.45) is 7.05 Å². The maximum Gasteiger partial charge on any atom is 0.120 e. The largest absolute Gasteiger partial charge is 0.342 e. The topological polar surface area (TPSA) is 40.8 Å². The van der Waals surface area contributed by atoms with Crippen molar-refractivity contribution in [2.45, 2.75) is 26.4 Å². The average molecular weight is 177 g/mol. The van der Waals surface area contributed by atoms with Gasteiger partial charge in [-0.05, 0) is 11.6 Å². The first-order chi connectivity index (χ1) is 6.13. The lowest BCUT2D eigenvalue weighted by Crippen LogP contribution is -2.21. The van der Waals surface area contributed by atoms with Crippen LogP contribution in [0.4, 0.5) is 0 Å². The van der Waals surface area contributed by atoms with Crippen LogP contribution < -0.4 is 5.32 Å². The van der Waals surface area contributed by atoms with Crippen LogP contribution in [-0.2, 0) is 13.6 Å². The molecule has 13 heavy (non-hydrogen) atoms. The Bertz CT molecular complexity index is 317. The second kappa shape index (κ2) is 4.11. The summed E-state index contributed by atoms with van der Waals surface area (Å²) in [5, 5.41) is 12.0. The summed E-state index contributed by atoms with van der Waals surface area (Å²) in [6, 6.07) is 4.53. The van der Waals surface area contributed by atoms with E-state index in [-0.39, 0.29) is 0 Å². The van der Waals surface area contributed by atoms with Gasteiger partial charge in [-0.3, -0.25) is 0 Å². The molecule has 1 N–H and O–H groups in total. The minimum absolute atomic E-state index is 0.478. The summed E-state index contributed by atoms with van der Waals surface area (Å²) < 4.78 is 1.84. The smallest absolute Gasteiger partial charge is 0.120 e. The van der Waals surface area contributed by atoms with E-state index in [0.29, 0.717) is 11.7 Å². The number of nitriles is 1. The molecule has 0 aliphatic heterocycles. The van der Waals surface area contributed by atoms with E-state index >= 15 is 0 Å². The van der Waals surface area contributed by atoms with Crippen LogP contribution >= 0.6 is 0 Å². The predicted molar refractivity (Wildman–Crippen MR) is 52.1 cm³/mol. The SMILES string of the molecule is CC(C)NCc1cc(C#N)n(C)c1. The van der Waals surface area contributed by atoms with Gasteiger partial charge in [0.2, 0.25) is 0 Å². The number of aromatic nitrogens is 1.